The van der Waals surface area contributed by atoms with Crippen molar-refractivity contribution in [2.75, 3.05) is 0 Å². The SMILES string of the molecule is CC(C)(C)c1cc(-c2c3nc(c(C#CC45c6ccccc6C(c6ccccc64)c4ccccc45)c4ccc([nH]4)c(-c4cc(C(C)(C)C)cc(C(C)(C)C)c4)c4nc(c(C#CC56c7ccccc7C(c7ccccc75)c5ccccc56)c5ccc2[nH]5)C=C4)C=C3)cc(C(C)(C)C)c1. The van der Waals surface area contributed by atoms with Gasteiger partial charge in [0.05, 0.1) is 44.9 Å². The van der Waals surface area contributed by atoms with Crippen molar-refractivity contribution in [1.82, 2.24) is 19.9 Å². The Hall–Kier alpha value is -10.5. The van der Waals surface area contributed by atoms with Gasteiger partial charge in [-0.05, 0) is 170 Å². The first-order valence-corrected chi connectivity index (χ1v) is 34.2. The molecule has 4 heteroatoms. The average molecular weight is 1240 g/mol. The van der Waals surface area contributed by atoms with Crippen LogP contribution >= 0.6 is 0 Å². The smallest absolute Gasteiger partial charge is 0.107 e. The summed E-state index contributed by atoms with van der Waals surface area (Å²) >= 11 is 0. The summed E-state index contributed by atoms with van der Waals surface area (Å²) in [5, 5.41) is 0. The van der Waals surface area contributed by atoms with Crippen molar-refractivity contribution in [1.29, 1.82) is 0 Å². The van der Waals surface area contributed by atoms with Crippen LogP contribution in [0.5, 0.6) is 0 Å². The van der Waals surface area contributed by atoms with Gasteiger partial charge in [0.15, 0.2) is 0 Å². The lowest BCUT2D eigenvalue weighted by Crippen LogP contribution is -2.41. The van der Waals surface area contributed by atoms with Gasteiger partial charge in [0.1, 0.15) is 10.8 Å². The predicted molar refractivity (Wildman–Crippen MR) is 399 cm³/mol. The number of aromatic nitrogens is 4. The van der Waals surface area contributed by atoms with E-state index in [2.05, 4.69) is 347 Å². The number of rotatable bonds is 2. The number of nitrogens with zero attached hydrogens (tertiary/aromatic N) is 2. The number of hydrogen-bond donors (Lipinski definition) is 2. The largest absolute Gasteiger partial charge is 0.354 e. The Kier molecular flexibility index (Phi) is 13.0. The molecule has 0 spiro atoms. The molecule has 8 aromatic carbocycles. The lowest BCUT2D eigenvalue weighted by Gasteiger charge is -2.48. The molecule has 4 nitrogen and oxygen atoms in total. The molecule has 0 atom stereocenters. The van der Waals surface area contributed by atoms with Crippen LogP contribution in [0.1, 0.15) is 218 Å². The van der Waals surface area contributed by atoms with E-state index in [0.717, 1.165) is 78.2 Å². The van der Waals surface area contributed by atoms with Gasteiger partial charge in [0, 0.05) is 34.0 Å². The summed E-state index contributed by atoms with van der Waals surface area (Å²) < 4.78 is 0. The molecular formula is C92H78N4. The van der Waals surface area contributed by atoms with Gasteiger partial charge < -0.3 is 9.97 Å². The van der Waals surface area contributed by atoms with E-state index in [-0.39, 0.29) is 33.5 Å². The van der Waals surface area contributed by atoms with E-state index in [1.807, 2.05) is 0 Å². The Bertz CT molecular complexity index is 4920. The summed E-state index contributed by atoms with van der Waals surface area (Å²) in [7, 11) is 0. The monoisotopic (exact) mass is 1240 g/mol. The molecule has 8 aliphatic rings. The summed E-state index contributed by atoms with van der Waals surface area (Å²) in [5.74, 6) is 16.6. The van der Waals surface area contributed by atoms with Crippen LogP contribution in [0.2, 0.25) is 0 Å². The Balaban J connectivity index is 1.02. The third-order valence-electron chi connectivity index (χ3n) is 21.5. The summed E-state index contributed by atoms with van der Waals surface area (Å²) in [4.78, 5) is 20.0. The zero-order valence-corrected chi connectivity index (χ0v) is 57.0. The number of hydrogen-bond acceptors (Lipinski definition) is 2. The predicted octanol–water partition coefficient (Wildman–Crippen LogP) is 21.6. The molecule has 5 heterocycles. The second-order valence-corrected chi connectivity index (χ2v) is 31.5. The molecule has 96 heavy (non-hydrogen) atoms. The van der Waals surface area contributed by atoms with Crippen LogP contribution < -0.4 is 0 Å². The van der Waals surface area contributed by atoms with Crippen molar-refractivity contribution in [2.24, 2.45) is 0 Å². The summed E-state index contributed by atoms with van der Waals surface area (Å²) in [6.45, 7) is 27.8. The summed E-state index contributed by atoms with van der Waals surface area (Å²) in [6, 6.07) is 77.3. The highest BCUT2D eigenvalue weighted by Crippen LogP contribution is 2.61. The molecule has 0 amide bonds. The minimum Gasteiger partial charge on any atom is -0.354 e. The zero-order chi connectivity index (χ0) is 66.0. The summed E-state index contributed by atoms with van der Waals surface area (Å²) in [5.41, 5.74) is 30.7. The van der Waals surface area contributed by atoms with Gasteiger partial charge in [0.2, 0.25) is 0 Å². The van der Waals surface area contributed by atoms with E-state index in [9.17, 15) is 0 Å². The van der Waals surface area contributed by atoms with E-state index in [1.54, 1.807) is 0 Å². The van der Waals surface area contributed by atoms with Crippen LogP contribution in [0.25, 0.3) is 68.6 Å². The van der Waals surface area contributed by atoms with Crippen molar-refractivity contribution >= 4 is 46.4 Å². The van der Waals surface area contributed by atoms with Crippen LogP contribution in [0.3, 0.4) is 0 Å². The molecule has 6 aliphatic carbocycles. The molecule has 3 aromatic heterocycles. The summed E-state index contributed by atoms with van der Waals surface area (Å²) in [6.07, 6.45) is 8.81. The van der Waals surface area contributed by atoms with E-state index in [1.165, 1.54) is 89.0 Å². The van der Waals surface area contributed by atoms with Crippen molar-refractivity contribution in [3.63, 3.8) is 0 Å². The maximum atomic E-state index is 5.89. The molecule has 0 fully saturated rings. The Morgan fingerprint density at radius 2 is 0.552 bits per heavy atom. The zero-order valence-electron chi connectivity index (χ0n) is 57.0. The molecule has 466 valence electrons. The molecule has 2 aliphatic heterocycles. The minimum absolute atomic E-state index is 0.116. The molecular weight excluding hydrogens is 1160 g/mol. The second kappa shape index (κ2) is 21.0. The highest BCUT2D eigenvalue weighted by atomic mass is 14.8. The van der Waals surface area contributed by atoms with Crippen LogP contribution in [0.4, 0.5) is 0 Å². The molecule has 0 unspecified atom stereocenters. The van der Waals surface area contributed by atoms with Crippen LogP contribution in [-0.2, 0) is 32.5 Å². The van der Waals surface area contributed by atoms with E-state index >= 15 is 0 Å². The molecule has 0 radical (unpaired) electrons. The van der Waals surface area contributed by atoms with Gasteiger partial charge in [-0.2, -0.15) is 0 Å². The third-order valence-corrected chi connectivity index (χ3v) is 21.5. The van der Waals surface area contributed by atoms with E-state index < -0.39 is 10.8 Å². The fraction of sp³-hybridized carbons (Fsp3) is 0.217. The number of fused-ring (bicyclic) bond motifs is 8. The first-order chi connectivity index (χ1) is 46.1. The highest BCUT2D eigenvalue weighted by Gasteiger charge is 2.52. The quantitative estimate of drug-likeness (QED) is 0.170. The highest BCUT2D eigenvalue weighted by molar-refractivity contribution is 5.96. The van der Waals surface area contributed by atoms with Crippen LogP contribution in [0.15, 0.2) is 206 Å². The van der Waals surface area contributed by atoms with Gasteiger partial charge in [0.25, 0.3) is 0 Å². The Labute approximate surface area is 565 Å². The van der Waals surface area contributed by atoms with E-state index in [0.29, 0.717) is 0 Å². The van der Waals surface area contributed by atoms with Crippen molar-refractivity contribution in [3.8, 4) is 45.9 Å². The van der Waals surface area contributed by atoms with Crippen LogP contribution in [-0.4, -0.2) is 19.9 Å². The molecule has 11 aromatic rings. The molecule has 0 saturated heterocycles. The first-order valence-electron chi connectivity index (χ1n) is 34.2. The van der Waals surface area contributed by atoms with Gasteiger partial charge in [-0.3, -0.25) is 0 Å². The minimum atomic E-state index is -0.771. The van der Waals surface area contributed by atoms with Crippen molar-refractivity contribution < 1.29 is 0 Å². The van der Waals surface area contributed by atoms with E-state index in [4.69, 9.17) is 9.97 Å². The van der Waals surface area contributed by atoms with Gasteiger partial charge in [-0.15, -0.1) is 0 Å². The van der Waals surface area contributed by atoms with Crippen molar-refractivity contribution in [3.05, 3.63) is 329 Å². The second-order valence-electron chi connectivity index (χ2n) is 31.5. The Morgan fingerprint density at radius 1 is 0.302 bits per heavy atom. The number of benzene rings is 8. The first kappa shape index (κ1) is 59.2. The third kappa shape index (κ3) is 8.98. The van der Waals surface area contributed by atoms with Gasteiger partial charge >= 0.3 is 0 Å². The maximum Gasteiger partial charge on any atom is 0.107 e. The standard InChI is InChI=1S/C92H78N4/c1-87(2,3)57-49-55(50-58(53-57)88(4,5)6)83-79-41-37-75(93-79)67(45-47-91-69-31-19-13-25-61(69)85(62-26-14-20-32-70(62)91)63-27-15-21-33-71(63)91)77-39-43-81(95-77)84(56-51-59(89(7,8)9)54-60(52-56)90(10,11)12)82-44-40-78(96-82)68(76-38-42-80(83)94-76)46-48-92-72-34-22-16-28-64(72)86(65-29-17-23-35-73(65)92)66-30-18-24-36-74(66)92/h13-44,49-54,85-86,93,96H,1-12H3. The molecule has 19 rings (SSSR count). The number of H-pyrrole nitrogens is 2. The molecule has 2 N–H and O–H groups in total. The van der Waals surface area contributed by atoms with Gasteiger partial charge in [-0.25, -0.2) is 9.97 Å². The fourth-order valence-electron chi connectivity index (χ4n) is 16.5. The molecule has 0 saturated carbocycles. The lowest BCUT2D eigenvalue weighted by molar-refractivity contribution is 0.568. The maximum absolute atomic E-state index is 5.89. The lowest BCUT2D eigenvalue weighted by atomic mass is 9.53. The van der Waals surface area contributed by atoms with Crippen LogP contribution in [0, 0.1) is 23.7 Å². The van der Waals surface area contributed by atoms with Gasteiger partial charge in [-0.1, -0.05) is 289 Å². The molecule has 12 bridgehead atoms. The number of aromatic amines is 2. The average Bonchev–Trinajstić information content (AvgIpc) is 0.770. The van der Waals surface area contributed by atoms with Crippen molar-refractivity contribution in [2.45, 2.75) is 127 Å². The Morgan fingerprint density at radius 3 is 0.823 bits per heavy atom. The number of nitrogens with one attached hydrogen (secondary N) is 2. The normalized spacial score (nSPS) is 18.2. The fourth-order valence-corrected chi connectivity index (χ4v) is 16.5. The topological polar surface area (TPSA) is 57.4 Å².